The van der Waals surface area contributed by atoms with Crippen molar-refractivity contribution in [2.45, 2.75) is 90.9 Å². The van der Waals surface area contributed by atoms with Crippen LogP contribution < -0.4 is 21.5 Å². The highest BCUT2D eigenvalue weighted by Crippen LogP contribution is 2.25. The Kier molecular flexibility index (Phi) is 12.4. The second-order valence-corrected chi connectivity index (χ2v) is 9.02. The van der Waals surface area contributed by atoms with Gasteiger partial charge in [-0.25, -0.2) is 4.79 Å². The van der Waals surface area contributed by atoms with Crippen LogP contribution in [0.4, 0.5) is 17.2 Å². The third-order valence-corrected chi connectivity index (χ3v) is 6.19. The van der Waals surface area contributed by atoms with E-state index in [2.05, 4.69) is 53.3 Å². The maximum Gasteiger partial charge on any atom is 0.329 e. The van der Waals surface area contributed by atoms with Crippen LogP contribution in [0.2, 0.25) is 0 Å². The molecule has 0 amide bonds. The Labute approximate surface area is 199 Å². The molecule has 1 aromatic heterocycles. The molecule has 2 aromatic rings. The van der Waals surface area contributed by atoms with Crippen molar-refractivity contribution in [2.75, 3.05) is 23.3 Å². The molecule has 0 saturated heterocycles. The van der Waals surface area contributed by atoms with Gasteiger partial charge in [0.2, 0.25) is 0 Å². The van der Waals surface area contributed by atoms with Crippen molar-refractivity contribution < 1.29 is 0 Å². The second kappa shape index (κ2) is 15.4. The number of aromatic nitrogens is 2. The third kappa shape index (κ3) is 9.48. The topological polar surface area (TPSA) is 70.1 Å². The first-order chi connectivity index (χ1) is 16.1. The summed E-state index contributed by atoms with van der Waals surface area (Å²) in [4.78, 5) is 29.4. The summed E-state index contributed by atoms with van der Waals surface area (Å²) in [6.45, 7) is 6.21. The molecule has 33 heavy (non-hydrogen) atoms. The molecule has 184 valence electrons. The van der Waals surface area contributed by atoms with Crippen LogP contribution >= 0.6 is 0 Å². The van der Waals surface area contributed by atoms with Gasteiger partial charge >= 0.3 is 5.69 Å². The van der Waals surface area contributed by atoms with Crippen molar-refractivity contribution in [2.24, 2.45) is 7.05 Å². The van der Waals surface area contributed by atoms with Gasteiger partial charge in [0.25, 0.3) is 5.56 Å². The molecular formula is C27H44N4O2. The van der Waals surface area contributed by atoms with Crippen molar-refractivity contribution in [1.29, 1.82) is 0 Å². The van der Waals surface area contributed by atoms with Gasteiger partial charge in [0.05, 0.1) is 0 Å². The van der Waals surface area contributed by atoms with Crippen LogP contribution in [0.3, 0.4) is 0 Å². The fourth-order valence-electron chi connectivity index (χ4n) is 4.02. The van der Waals surface area contributed by atoms with Crippen LogP contribution in [0.5, 0.6) is 0 Å². The lowest BCUT2D eigenvalue weighted by Crippen LogP contribution is -2.34. The van der Waals surface area contributed by atoms with E-state index in [0.29, 0.717) is 5.82 Å². The average Bonchev–Trinajstić information content (AvgIpc) is 2.82. The first-order valence-corrected chi connectivity index (χ1v) is 13.0. The minimum Gasteiger partial charge on any atom is -0.385 e. The Hall–Kier alpha value is -2.50. The van der Waals surface area contributed by atoms with Crippen LogP contribution in [-0.2, 0) is 7.05 Å². The van der Waals surface area contributed by atoms with Gasteiger partial charge in [-0.05, 0) is 37.1 Å². The van der Waals surface area contributed by atoms with Crippen LogP contribution in [0, 0.1) is 0 Å². The van der Waals surface area contributed by atoms with Gasteiger partial charge in [0, 0.05) is 37.6 Å². The van der Waals surface area contributed by atoms with Crippen LogP contribution in [0.1, 0.15) is 90.9 Å². The minimum absolute atomic E-state index is 0.293. The smallest absolute Gasteiger partial charge is 0.329 e. The summed E-state index contributed by atoms with van der Waals surface area (Å²) in [6.07, 6.45) is 14.9. The van der Waals surface area contributed by atoms with E-state index in [1.807, 2.05) is 0 Å². The monoisotopic (exact) mass is 456 g/mol. The van der Waals surface area contributed by atoms with Gasteiger partial charge in [-0.1, -0.05) is 78.1 Å². The van der Waals surface area contributed by atoms with Crippen molar-refractivity contribution >= 4 is 17.2 Å². The molecule has 0 atom stereocenters. The Morgan fingerprint density at radius 2 is 1.39 bits per heavy atom. The highest BCUT2D eigenvalue weighted by molar-refractivity contribution is 5.62. The second-order valence-electron chi connectivity index (χ2n) is 9.02. The fraction of sp³-hybridized carbons (Fsp3) is 0.630. The Morgan fingerprint density at radius 1 is 0.818 bits per heavy atom. The van der Waals surface area contributed by atoms with E-state index in [1.165, 1.54) is 77.3 Å². The zero-order valence-electron chi connectivity index (χ0n) is 21.0. The van der Waals surface area contributed by atoms with Gasteiger partial charge in [-0.3, -0.25) is 14.3 Å². The number of benzene rings is 1. The number of unbranched alkanes of at least 4 members (excludes halogenated alkanes) is 10. The van der Waals surface area contributed by atoms with Crippen LogP contribution in [0.15, 0.2) is 39.9 Å². The van der Waals surface area contributed by atoms with E-state index in [1.54, 1.807) is 0 Å². The van der Waals surface area contributed by atoms with E-state index in [4.69, 9.17) is 0 Å². The molecule has 0 spiro atoms. The molecule has 1 aromatic carbocycles. The number of anilines is 3. The molecule has 6 nitrogen and oxygen atoms in total. The van der Waals surface area contributed by atoms with E-state index >= 15 is 0 Å². The van der Waals surface area contributed by atoms with Gasteiger partial charge < -0.3 is 10.2 Å². The Balaban J connectivity index is 2.00. The third-order valence-electron chi connectivity index (χ3n) is 6.19. The number of hydrogen-bond donors (Lipinski definition) is 2. The number of H-pyrrole nitrogens is 1. The molecule has 0 bridgehead atoms. The lowest BCUT2D eigenvalue weighted by molar-refractivity contribution is 0.608. The first kappa shape index (κ1) is 26.7. The molecule has 0 saturated carbocycles. The summed E-state index contributed by atoms with van der Waals surface area (Å²) >= 11 is 0. The van der Waals surface area contributed by atoms with Crippen LogP contribution in [0.25, 0.3) is 0 Å². The predicted molar refractivity (Wildman–Crippen MR) is 141 cm³/mol. The molecule has 1 heterocycles. The average molecular weight is 457 g/mol. The van der Waals surface area contributed by atoms with Gasteiger partial charge in [-0.2, -0.15) is 0 Å². The molecule has 0 aliphatic rings. The lowest BCUT2D eigenvalue weighted by Gasteiger charge is -2.25. The molecule has 0 aliphatic heterocycles. The fourth-order valence-corrected chi connectivity index (χ4v) is 4.02. The highest BCUT2D eigenvalue weighted by atomic mass is 16.2. The normalized spacial score (nSPS) is 11.0. The molecular weight excluding hydrogens is 412 g/mol. The number of hydrogen-bond acceptors (Lipinski definition) is 4. The predicted octanol–water partition coefficient (Wildman–Crippen LogP) is 6.34. The van der Waals surface area contributed by atoms with E-state index in [-0.39, 0.29) is 11.2 Å². The van der Waals surface area contributed by atoms with Crippen LogP contribution in [-0.4, -0.2) is 22.6 Å². The highest BCUT2D eigenvalue weighted by Gasteiger charge is 2.12. The Bertz CT molecular complexity index is 870. The summed E-state index contributed by atoms with van der Waals surface area (Å²) in [6, 6.07) is 9.82. The van der Waals surface area contributed by atoms with E-state index in [9.17, 15) is 9.59 Å². The molecule has 2 N–H and O–H groups in total. The number of aromatic amines is 1. The number of nitrogens with zero attached hydrogens (tertiary/aromatic N) is 2. The molecule has 0 fully saturated rings. The molecule has 2 rings (SSSR count). The zero-order chi connectivity index (χ0) is 23.9. The first-order valence-electron chi connectivity index (χ1n) is 13.0. The maximum absolute atomic E-state index is 12.2. The summed E-state index contributed by atoms with van der Waals surface area (Å²) in [7, 11) is 1.49. The molecule has 0 aliphatic carbocycles. The van der Waals surface area contributed by atoms with Crippen molar-refractivity contribution in [3.63, 3.8) is 0 Å². The summed E-state index contributed by atoms with van der Waals surface area (Å²) in [5.74, 6) is 0.560. The van der Waals surface area contributed by atoms with Crippen molar-refractivity contribution in [1.82, 2.24) is 9.55 Å². The zero-order valence-corrected chi connectivity index (χ0v) is 21.0. The largest absolute Gasteiger partial charge is 0.385 e. The standard InChI is InChI=1S/C27H44N4O2/c1-4-6-8-10-12-14-20-28-23-16-18-24(19-17-23)31(21-15-13-11-9-7-5-2)25-22-26(32)30(3)27(33)29-25/h16-19,22,28H,4-15,20-21H2,1-3H3,(H,29,33). The van der Waals surface area contributed by atoms with Gasteiger partial charge in [-0.15, -0.1) is 0 Å². The van der Waals surface area contributed by atoms with Crippen molar-refractivity contribution in [3.05, 3.63) is 51.2 Å². The number of nitrogens with one attached hydrogen (secondary N) is 2. The quantitative estimate of drug-likeness (QED) is 0.272. The summed E-state index contributed by atoms with van der Waals surface area (Å²) < 4.78 is 1.10. The summed E-state index contributed by atoms with van der Waals surface area (Å²) in [5, 5.41) is 3.51. The summed E-state index contributed by atoms with van der Waals surface area (Å²) in [5.41, 5.74) is 1.41. The maximum atomic E-state index is 12.2. The SMILES string of the molecule is CCCCCCCCNc1ccc(N(CCCCCCCC)c2cc(=O)n(C)c(=O)[nH]2)cc1. The minimum atomic E-state index is -0.386. The van der Waals surface area contributed by atoms with Crippen molar-refractivity contribution in [3.8, 4) is 0 Å². The van der Waals surface area contributed by atoms with Gasteiger partial charge in [0.15, 0.2) is 0 Å². The van der Waals surface area contributed by atoms with Gasteiger partial charge in [0.1, 0.15) is 5.82 Å². The lowest BCUT2D eigenvalue weighted by atomic mass is 10.1. The molecule has 6 heteroatoms. The Morgan fingerprint density at radius 3 is 2.00 bits per heavy atom. The molecule has 0 radical (unpaired) electrons. The van der Waals surface area contributed by atoms with E-state index in [0.717, 1.165) is 41.9 Å². The molecule has 0 unspecified atom stereocenters. The number of rotatable bonds is 17. The van der Waals surface area contributed by atoms with E-state index < -0.39 is 0 Å².